The third-order valence-corrected chi connectivity index (χ3v) is 5.87. The van der Waals surface area contributed by atoms with E-state index in [4.69, 9.17) is 9.15 Å². The number of nitrogens with zero attached hydrogens (tertiary/aromatic N) is 3. The second kappa shape index (κ2) is 8.04. The first-order chi connectivity index (χ1) is 15.1. The molecule has 5 rings (SSSR count). The molecular weight excluding hydrogens is 390 g/mol. The lowest BCUT2D eigenvalue weighted by Crippen LogP contribution is -2.20. The van der Waals surface area contributed by atoms with E-state index in [1.165, 1.54) is 11.6 Å². The van der Waals surface area contributed by atoms with Gasteiger partial charge in [-0.25, -0.2) is 0 Å². The number of likely N-dealkylation sites (N-methyl/N-ethyl adjacent to an activating group) is 1. The molecule has 0 unspecified atom stereocenters. The highest BCUT2D eigenvalue weighted by molar-refractivity contribution is 5.84. The number of hydrogen-bond donors (Lipinski definition) is 0. The van der Waals surface area contributed by atoms with Crippen molar-refractivity contribution < 1.29 is 9.15 Å². The van der Waals surface area contributed by atoms with E-state index in [0.717, 1.165) is 59.6 Å². The monoisotopic (exact) mass is 415 g/mol. The van der Waals surface area contributed by atoms with Gasteiger partial charge in [0, 0.05) is 66.2 Å². The molecule has 0 fully saturated rings. The number of aromatic nitrogens is 2. The third-order valence-electron chi connectivity index (χ3n) is 5.87. The first kappa shape index (κ1) is 19.6. The Hall–Kier alpha value is -3.38. The standard InChI is InChI=1S/C25H25N3O3/c1-17-3-4-18(15-26-17)16-30-20-7-12-28(25(29)14-20)19-5-6-21-22-8-10-27(2)11-9-23(22)31-24(21)13-19/h3-7,12-15H,8-11,16H2,1-2H3. The lowest BCUT2D eigenvalue weighted by Gasteiger charge is -2.11. The number of benzene rings is 1. The molecule has 0 radical (unpaired) electrons. The fourth-order valence-corrected chi connectivity index (χ4v) is 4.04. The van der Waals surface area contributed by atoms with Crippen LogP contribution < -0.4 is 10.3 Å². The van der Waals surface area contributed by atoms with Gasteiger partial charge >= 0.3 is 0 Å². The smallest absolute Gasteiger partial charge is 0.258 e. The van der Waals surface area contributed by atoms with Crippen LogP contribution in [0.25, 0.3) is 16.7 Å². The summed E-state index contributed by atoms with van der Waals surface area (Å²) in [4.78, 5) is 19.3. The molecule has 6 heteroatoms. The van der Waals surface area contributed by atoms with E-state index >= 15 is 0 Å². The maximum atomic E-state index is 12.7. The van der Waals surface area contributed by atoms with E-state index < -0.39 is 0 Å². The van der Waals surface area contributed by atoms with Crippen LogP contribution in [0.2, 0.25) is 0 Å². The summed E-state index contributed by atoms with van der Waals surface area (Å²) in [7, 11) is 2.14. The predicted molar refractivity (Wildman–Crippen MR) is 120 cm³/mol. The van der Waals surface area contributed by atoms with Gasteiger partial charge in [-0.15, -0.1) is 0 Å². The minimum Gasteiger partial charge on any atom is -0.489 e. The summed E-state index contributed by atoms with van der Waals surface area (Å²) in [5, 5.41) is 1.15. The van der Waals surface area contributed by atoms with Crippen molar-refractivity contribution in [3.8, 4) is 11.4 Å². The number of pyridine rings is 2. The van der Waals surface area contributed by atoms with Crippen molar-refractivity contribution in [2.75, 3.05) is 20.1 Å². The highest BCUT2D eigenvalue weighted by Gasteiger charge is 2.19. The van der Waals surface area contributed by atoms with Gasteiger partial charge in [-0.05, 0) is 44.7 Å². The van der Waals surface area contributed by atoms with Crippen LogP contribution in [0.5, 0.6) is 5.75 Å². The van der Waals surface area contributed by atoms with Crippen molar-refractivity contribution in [1.82, 2.24) is 14.5 Å². The van der Waals surface area contributed by atoms with Gasteiger partial charge in [-0.1, -0.05) is 6.07 Å². The average Bonchev–Trinajstić information content (AvgIpc) is 3.02. The van der Waals surface area contributed by atoms with Gasteiger partial charge in [-0.3, -0.25) is 14.3 Å². The molecule has 3 aromatic heterocycles. The Morgan fingerprint density at radius 2 is 1.97 bits per heavy atom. The number of aryl methyl sites for hydroxylation is 1. The van der Waals surface area contributed by atoms with Gasteiger partial charge in [0.05, 0.1) is 5.69 Å². The maximum Gasteiger partial charge on any atom is 0.258 e. The maximum absolute atomic E-state index is 12.7. The van der Waals surface area contributed by atoms with E-state index in [-0.39, 0.29) is 5.56 Å². The normalized spacial score (nSPS) is 14.4. The van der Waals surface area contributed by atoms with E-state index in [1.54, 1.807) is 23.0 Å². The fourth-order valence-electron chi connectivity index (χ4n) is 4.04. The molecule has 0 bridgehead atoms. The molecule has 0 N–H and O–H groups in total. The topological polar surface area (TPSA) is 60.5 Å². The van der Waals surface area contributed by atoms with Crippen LogP contribution in [-0.4, -0.2) is 34.6 Å². The molecule has 1 aliphatic rings. The van der Waals surface area contributed by atoms with Crippen molar-refractivity contribution in [3.63, 3.8) is 0 Å². The van der Waals surface area contributed by atoms with Crippen LogP contribution in [0, 0.1) is 6.92 Å². The molecule has 0 aliphatic carbocycles. The van der Waals surface area contributed by atoms with Crippen LogP contribution in [0.1, 0.15) is 22.6 Å². The Balaban J connectivity index is 1.38. The quantitative estimate of drug-likeness (QED) is 0.506. The van der Waals surface area contributed by atoms with E-state index in [1.807, 2.05) is 31.2 Å². The zero-order valence-corrected chi connectivity index (χ0v) is 17.8. The minimum absolute atomic E-state index is 0.145. The predicted octanol–water partition coefficient (Wildman–Crippen LogP) is 3.90. The molecule has 31 heavy (non-hydrogen) atoms. The van der Waals surface area contributed by atoms with Crippen molar-refractivity contribution >= 4 is 11.0 Å². The third kappa shape index (κ3) is 3.99. The number of furan rings is 1. The highest BCUT2D eigenvalue weighted by Crippen LogP contribution is 2.30. The number of fused-ring (bicyclic) bond motifs is 3. The number of ether oxygens (including phenoxy) is 1. The zero-order chi connectivity index (χ0) is 21.4. The van der Waals surface area contributed by atoms with Gasteiger partial charge < -0.3 is 14.1 Å². The van der Waals surface area contributed by atoms with Gasteiger partial charge in [0.1, 0.15) is 23.7 Å². The molecule has 4 heterocycles. The van der Waals surface area contributed by atoms with Crippen molar-refractivity contribution in [2.24, 2.45) is 0 Å². The first-order valence-corrected chi connectivity index (χ1v) is 10.6. The summed E-state index contributed by atoms with van der Waals surface area (Å²) >= 11 is 0. The van der Waals surface area contributed by atoms with Gasteiger partial charge in [-0.2, -0.15) is 0 Å². The van der Waals surface area contributed by atoms with Crippen molar-refractivity contribution in [3.05, 3.63) is 87.8 Å². The fraction of sp³-hybridized carbons (Fsp3) is 0.280. The van der Waals surface area contributed by atoms with Gasteiger partial charge in [0.2, 0.25) is 0 Å². The molecular formula is C25H25N3O3. The van der Waals surface area contributed by atoms with E-state index in [0.29, 0.717) is 12.4 Å². The molecule has 0 spiro atoms. The Kier molecular flexibility index (Phi) is 5.08. The average molecular weight is 415 g/mol. The first-order valence-electron chi connectivity index (χ1n) is 10.6. The van der Waals surface area contributed by atoms with Gasteiger partial charge in [0.25, 0.3) is 5.56 Å². The van der Waals surface area contributed by atoms with Gasteiger partial charge in [0.15, 0.2) is 0 Å². The number of rotatable bonds is 4. The van der Waals surface area contributed by atoms with Crippen molar-refractivity contribution in [1.29, 1.82) is 0 Å². The highest BCUT2D eigenvalue weighted by atomic mass is 16.5. The minimum atomic E-state index is -0.145. The molecule has 0 saturated carbocycles. The van der Waals surface area contributed by atoms with Crippen LogP contribution in [0.15, 0.2) is 64.1 Å². The van der Waals surface area contributed by atoms with Crippen LogP contribution in [0.3, 0.4) is 0 Å². The lowest BCUT2D eigenvalue weighted by molar-refractivity contribution is 0.304. The molecule has 1 aliphatic heterocycles. The molecule has 6 nitrogen and oxygen atoms in total. The summed E-state index contributed by atoms with van der Waals surface area (Å²) in [6.45, 7) is 4.34. The molecule has 0 atom stereocenters. The number of hydrogen-bond acceptors (Lipinski definition) is 5. The summed E-state index contributed by atoms with van der Waals surface area (Å²) in [5.41, 5.74) is 4.70. The molecule has 158 valence electrons. The molecule has 1 aromatic carbocycles. The summed E-state index contributed by atoms with van der Waals surface area (Å²) < 4.78 is 13.6. The Bertz CT molecular complexity index is 1290. The molecule has 4 aromatic rings. The Morgan fingerprint density at radius 3 is 2.77 bits per heavy atom. The zero-order valence-electron chi connectivity index (χ0n) is 17.8. The van der Waals surface area contributed by atoms with Crippen LogP contribution in [-0.2, 0) is 19.4 Å². The Labute approximate surface area is 180 Å². The van der Waals surface area contributed by atoms with Crippen LogP contribution in [0.4, 0.5) is 0 Å². The summed E-state index contributed by atoms with van der Waals surface area (Å²) in [6, 6.07) is 13.2. The summed E-state index contributed by atoms with van der Waals surface area (Å²) in [5.74, 6) is 1.61. The van der Waals surface area contributed by atoms with E-state index in [2.05, 4.69) is 23.0 Å². The second-order valence-electron chi connectivity index (χ2n) is 8.15. The molecule has 0 amide bonds. The van der Waals surface area contributed by atoms with Crippen LogP contribution >= 0.6 is 0 Å². The SMILES string of the molecule is Cc1ccc(COc2ccn(-c3ccc4c5c(oc4c3)CCN(C)CC5)c(=O)c2)cn1. The summed E-state index contributed by atoms with van der Waals surface area (Å²) in [6.07, 6.45) is 5.43. The van der Waals surface area contributed by atoms with Crippen molar-refractivity contribution in [2.45, 2.75) is 26.4 Å². The largest absolute Gasteiger partial charge is 0.489 e. The Morgan fingerprint density at radius 1 is 1.10 bits per heavy atom. The second-order valence-corrected chi connectivity index (χ2v) is 8.15. The molecule has 0 saturated heterocycles. The lowest BCUT2D eigenvalue weighted by atomic mass is 10.1. The van der Waals surface area contributed by atoms with E-state index in [9.17, 15) is 4.79 Å².